The topological polar surface area (TPSA) is 75.6 Å². The minimum Gasteiger partial charge on any atom is -0.496 e. The smallest absolute Gasteiger partial charge is 0.309 e. The minimum atomic E-state index is -0.881. The van der Waals surface area contributed by atoms with E-state index in [0.29, 0.717) is 29.3 Å². The molecular weight excluding hydrogens is 294 g/mol. The maximum atomic E-state index is 11.9. The van der Waals surface area contributed by atoms with Gasteiger partial charge in [-0.25, -0.2) is 0 Å². The number of carbonyl (C=O) groups is 2. The molecule has 1 aromatic carbocycles. The first-order valence-corrected chi connectivity index (χ1v) is 6.96. The van der Waals surface area contributed by atoms with Gasteiger partial charge in [-0.2, -0.15) is 0 Å². The fourth-order valence-electron chi connectivity index (χ4n) is 1.74. The molecule has 0 fully saturated rings. The van der Waals surface area contributed by atoms with Crippen molar-refractivity contribution < 1.29 is 19.4 Å². The number of halogens is 1. The summed E-state index contributed by atoms with van der Waals surface area (Å²) in [5.41, 5.74) is -0.166. The fourth-order valence-corrected chi connectivity index (χ4v) is 1.94. The number of aliphatic carboxylic acids is 1. The number of amides is 1. The summed E-state index contributed by atoms with van der Waals surface area (Å²) in [6.07, 6.45) is 0.498. The van der Waals surface area contributed by atoms with Crippen molar-refractivity contribution in [1.29, 1.82) is 0 Å². The van der Waals surface area contributed by atoms with Crippen molar-refractivity contribution in [3.63, 3.8) is 0 Å². The van der Waals surface area contributed by atoms with Gasteiger partial charge in [-0.15, -0.1) is 0 Å². The van der Waals surface area contributed by atoms with Crippen LogP contribution in [-0.4, -0.2) is 30.6 Å². The Morgan fingerprint density at radius 2 is 2.05 bits per heavy atom. The standard InChI is InChI=1S/C15H20ClNO4/c1-15(2,14(19)20)6-7-17-13(18)9-10-8-11(16)4-5-12(10)21-3/h4-5,8H,6-7,9H2,1-3H3,(H,17,18)(H,19,20). The van der Waals surface area contributed by atoms with Crippen LogP contribution in [0.1, 0.15) is 25.8 Å². The van der Waals surface area contributed by atoms with E-state index in [2.05, 4.69) is 5.32 Å². The average molecular weight is 314 g/mol. The second kappa shape index (κ2) is 7.31. The highest BCUT2D eigenvalue weighted by Crippen LogP contribution is 2.23. The maximum Gasteiger partial charge on any atom is 0.309 e. The number of benzene rings is 1. The van der Waals surface area contributed by atoms with Crippen molar-refractivity contribution in [1.82, 2.24) is 5.32 Å². The number of methoxy groups -OCH3 is 1. The molecule has 0 heterocycles. The van der Waals surface area contributed by atoms with Crippen LogP contribution in [0.5, 0.6) is 5.75 Å². The second-order valence-electron chi connectivity index (χ2n) is 5.42. The van der Waals surface area contributed by atoms with E-state index in [0.717, 1.165) is 0 Å². The van der Waals surface area contributed by atoms with E-state index in [9.17, 15) is 9.59 Å². The first-order chi connectivity index (χ1) is 9.76. The molecule has 116 valence electrons. The molecule has 21 heavy (non-hydrogen) atoms. The Bertz CT molecular complexity index is 528. The molecule has 0 saturated heterocycles. The molecule has 0 aliphatic carbocycles. The second-order valence-corrected chi connectivity index (χ2v) is 5.86. The summed E-state index contributed by atoms with van der Waals surface area (Å²) in [6.45, 7) is 3.56. The Balaban J connectivity index is 2.55. The van der Waals surface area contributed by atoms with Gasteiger partial charge in [0.2, 0.25) is 5.91 Å². The SMILES string of the molecule is COc1ccc(Cl)cc1CC(=O)NCCC(C)(C)C(=O)O. The molecule has 1 aromatic rings. The zero-order valence-electron chi connectivity index (χ0n) is 12.4. The number of carbonyl (C=O) groups excluding carboxylic acids is 1. The normalized spacial score (nSPS) is 11.0. The predicted molar refractivity (Wildman–Crippen MR) is 80.8 cm³/mol. The summed E-state index contributed by atoms with van der Waals surface area (Å²) in [5.74, 6) is -0.481. The number of nitrogens with one attached hydrogen (secondary N) is 1. The Morgan fingerprint density at radius 3 is 2.62 bits per heavy atom. The van der Waals surface area contributed by atoms with E-state index in [1.54, 1.807) is 32.0 Å². The molecular formula is C15H20ClNO4. The van der Waals surface area contributed by atoms with Crippen molar-refractivity contribution in [2.24, 2.45) is 5.41 Å². The van der Waals surface area contributed by atoms with E-state index < -0.39 is 11.4 Å². The molecule has 0 spiro atoms. The summed E-state index contributed by atoms with van der Waals surface area (Å²) in [4.78, 5) is 22.9. The predicted octanol–water partition coefficient (Wildman–Crippen LogP) is 2.51. The van der Waals surface area contributed by atoms with Crippen LogP contribution in [0.15, 0.2) is 18.2 Å². The zero-order chi connectivity index (χ0) is 16.0. The highest BCUT2D eigenvalue weighted by atomic mass is 35.5. The minimum absolute atomic E-state index is 0.136. The largest absolute Gasteiger partial charge is 0.496 e. The Morgan fingerprint density at radius 1 is 1.38 bits per heavy atom. The molecule has 0 aliphatic heterocycles. The molecule has 1 amide bonds. The third kappa shape index (κ3) is 5.27. The molecule has 0 aliphatic rings. The molecule has 0 atom stereocenters. The molecule has 0 aromatic heterocycles. The third-order valence-corrected chi connectivity index (χ3v) is 3.48. The van der Waals surface area contributed by atoms with Gasteiger partial charge < -0.3 is 15.2 Å². The molecule has 0 saturated carbocycles. The van der Waals surface area contributed by atoms with Gasteiger partial charge in [0, 0.05) is 17.1 Å². The summed E-state index contributed by atoms with van der Waals surface area (Å²) in [6, 6.07) is 5.08. The lowest BCUT2D eigenvalue weighted by Gasteiger charge is -2.19. The molecule has 2 N–H and O–H groups in total. The monoisotopic (exact) mass is 313 g/mol. The molecule has 1 rings (SSSR count). The van der Waals surface area contributed by atoms with E-state index >= 15 is 0 Å². The van der Waals surface area contributed by atoms with E-state index in [-0.39, 0.29) is 12.3 Å². The van der Waals surface area contributed by atoms with Crippen molar-refractivity contribution in [2.75, 3.05) is 13.7 Å². The van der Waals surface area contributed by atoms with Gasteiger partial charge >= 0.3 is 5.97 Å². The van der Waals surface area contributed by atoms with Crippen molar-refractivity contribution in [2.45, 2.75) is 26.7 Å². The lowest BCUT2D eigenvalue weighted by molar-refractivity contribution is -0.147. The molecule has 5 nitrogen and oxygen atoms in total. The summed E-state index contributed by atoms with van der Waals surface area (Å²) in [5, 5.41) is 12.2. The van der Waals surface area contributed by atoms with Gasteiger partial charge in [-0.3, -0.25) is 9.59 Å². The highest BCUT2D eigenvalue weighted by molar-refractivity contribution is 6.30. The third-order valence-electron chi connectivity index (χ3n) is 3.24. The Kier molecular flexibility index (Phi) is 6.03. The van der Waals surface area contributed by atoms with Gasteiger partial charge in [-0.1, -0.05) is 11.6 Å². The van der Waals surface area contributed by atoms with Gasteiger partial charge in [0.15, 0.2) is 0 Å². The summed E-state index contributed by atoms with van der Waals surface area (Å²) in [7, 11) is 1.53. The van der Waals surface area contributed by atoms with Gasteiger partial charge in [0.1, 0.15) is 5.75 Å². The lowest BCUT2D eigenvalue weighted by Crippen LogP contribution is -2.32. The van der Waals surface area contributed by atoms with Crippen LogP contribution >= 0.6 is 11.6 Å². The molecule has 0 radical (unpaired) electrons. The summed E-state index contributed by atoms with van der Waals surface area (Å²) >= 11 is 5.90. The number of rotatable bonds is 7. The van der Waals surface area contributed by atoms with Gasteiger partial charge in [0.05, 0.1) is 18.9 Å². The van der Waals surface area contributed by atoms with Gasteiger partial charge in [-0.05, 0) is 38.5 Å². The van der Waals surface area contributed by atoms with Gasteiger partial charge in [0.25, 0.3) is 0 Å². The first kappa shape index (κ1) is 17.3. The number of carboxylic acids is 1. The number of hydrogen-bond donors (Lipinski definition) is 2. The molecule has 0 bridgehead atoms. The van der Waals surface area contributed by atoms with Crippen molar-refractivity contribution in [3.05, 3.63) is 28.8 Å². The summed E-state index contributed by atoms with van der Waals surface area (Å²) < 4.78 is 5.18. The molecule has 0 unspecified atom stereocenters. The van der Waals surface area contributed by atoms with Crippen molar-refractivity contribution in [3.8, 4) is 5.75 Å². The number of carboxylic acid groups (broad SMARTS) is 1. The lowest BCUT2D eigenvalue weighted by atomic mass is 9.90. The van der Waals surface area contributed by atoms with Crippen LogP contribution in [0.4, 0.5) is 0 Å². The van der Waals surface area contributed by atoms with E-state index in [1.165, 1.54) is 7.11 Å². The van der Waals surface area contributed by atoms with Crippen LogP contribution in [0.2, 0.25) is 5.02 Å². The Hall–Kier alpha value is -1.75. The van der Waals surface area contributed by atoms with Crippen LogP contribution in [0.3, 0.4) is 0 Å². The number of hydrogen-bond acceptors (Lipinski definition) is 3. The van der Waals surface area contributed by atoms with Crippen LogP contribution in [0.25, 0.3) is 0 Å². The zero-order valence-corrected chi connectivity index (χ0v) is 13.2. The first-order valence-electron chi connectivity index (χ1n) is 6.59. The highest BCUT2D eigenvalue weighted by Gasteiger charge is 2.26. The van der Waals surface area contributed by atoms with Crippen LogP contribution in [0, 0.1) is 5.41 Å². The van der Waals surface area contributed by atoms with Crippen LogP contribution < -0.4 is 10.1 Å². The Labute approximate surface area is 129 Å². The fraction of sp³-hybridized carbons (Fsp3) is 0.467. The van der Waals surface area contributed by atoms with E-state index in [1.807, 2.05) is 0 Å². The maximum absolute atomic E-state index is 11.9. The quantitative estimate of drug-likeness (QED) is 0.811. The number of ether oxygens (including phenoxy) is 1. The average Bonchev–Trinajstić information content (AvgIpc) is 2.38. The van der Waals surface area contributed by atoms with Crippen LogP contribution in [-0.2, 0) is 16.0 Å². The van der Waals surface area contributed by atoms with Crippen molar-refractivity contribution >= 4 is 23.5 Å². The van der Waals surface area contributed by atoms with E-state index in [4.69, 9.17) is 21.4 Å². The molecule has 6 heteroatoms.